The van der Waals surface area contributed by atoms with Crippen LogP contribution in [-0.2, 0) is 9.84 Å². The minimum absolute atomic E-state index is 0.0286. The summed E-state index contributed by atoms with van der Waals surface area (Å²) in [5.41, 5.74) is 0.777. The summed E-state index contributed by atoms with van der Waals surface area (Å²) in [6.45, 7) is 3.35. The van der Waals surface area contributed by atoms with Gasteiger partial charge in [0, 0.05) is 17.5 Å². The van der Waals surface area contributed by atoms with E-state index in [1.165, 1.54) is 12.1 Å². The van der Waals surface area contributed by atoms with E-state index in [-0.39, 0.29) is 23.1 Å². The molecule has 0 spiro atoms. The van der Waals surface area contributed by atoms with Gasteiger partial charge < -0.3 is 10.4 Å². The summed E-state index contributed by atoms with van der Waals surface area (Å²) in [7, 11) is -3.04. The van der Waals surface area contributed by atoms with Gasteiger partial charge in [0.1, 0.15) is 0 Å². The van der Waals surface area contributed by atoms with Crippen molar-refractivity contribution in [1.82, 2.24) is 0 Å². The Balaban J connectivity index is 2.73. The number of anilines is 1. The third-order valence-corrected chi connectivity index (χ3v) is 4.35. The Morgan fingerprint density at radius 3 is 2.67 bits per heavy atom. The first kappa shape index (κ1) is 14.5. The van der Waals surface area contributed by atoms with E-state index in [2.05, 4.69) is 5.32 Å². The van der Waals surface area contributed by atoms with Gasteiger partial charge in [-0.25, -0.2) is 13.2 Å². The van der Waals surface area contributed by atoms with Crippen molar-refractivity contribution in [2.75, 3.05) is 16.8 Å². The number of nitrogens with one attached hydrogen (secondary N) is 1. The lowest BCUT2D eigenvalue weighted by Gasteiger charge is -2.15. The SMILES string of the molecule is CCS(=O)(=O)CC(C)Nc1cccc(C(=O)O)c1. The first-order valence-corrected chi connectivity index (χ1v) is 7.46. The molecule has 0 saturated carbocycles. The fourth-order valence-corrected chi connectivity index (χ4v) is 2.65. The maximum atomic E-state index is 11.4. The van der Waals surface area contributed by atoms with Crippen LogP contribution in [0.1, 0.15) is 24.2 Å². The highest BCUT2D eigenvalue weighted by Crippen LogP contribution is 2.12. The first-order chi connectivity index (χ1) is 8.34. The number of sulfone groups is 1. The first-order valence-electron chi connectivity index (χ1n) is 5.64. The quantitative estimate of drug-likeness (QED) is 0.821. The summed E-state index contributed by atoms with van der Waals surface area (Å²) >= 11 is 0. The molecule has 0 amide bonds. The Bertz CT molecular complexity index is 525. The Hall–Kier alpha value is -1.56. The van der Waals surface area contributed by atoms with Crippen molar-refractivity contribution < 1.29 is 18.3 Å². The van der Waals surface area contributed by atoms with Crippen molar-refractivity contribution in [2.24, 2.45) is 0 Å². The Morgan fingerprint density at radius 1 is 1.44 bits per heavy atom. The molecule has 0 bridgehead atoms. The average Bonchev–Trinajstić information content (AvgIpc) is 2.28. The summed E-state index contributed by atoms with van der Waals surface area (Å²) in [5.74, 6) is -0.873. The molecule has 0 fully saturated rings. The highest BCUT2D eigenvalue weighted by Gasteiger charge is 2.13. The Labute approximate surface area is 107 Å². The van der Waals surface area contributed by atoms with Crippen molar-refractivity contribution in [1.29, 1.82) is 0 Å². The molecule has 100 valence electrons. The molecule has 1 rings (SSSR count). The molecule has 0 aliphatic carbocycles. The zero-order valence-electron chi connectivity index (χ0n) is 10.4. The van der Waals surface area contributed by atoms with Gasteiger partial charge in [-0.2, -0.15) is 0 Å². The summed E-state index contributed by atoms with van der Waals surface area (Å²) in [6, 6.07) is 6.03. The van der Waals surface area contributed by atoms with Crippen LogP contribution >= 0.6 is 0 Å². The Kier molecular flexibility index (Phi) is 4.72. The highest BCUT2D eigenvalue weighted by molar-refractivity contribution is 7.91. The van der Waals surface area contributed by atoms with Gasteiger partial charge in [0.05, 0.1) is 11.3 Å². The predicted molar refractivity (Wildman–Crippen MR) is 70.8 cm³/mol. The van der Waals surface area contributed by atoms with Crippen LogP contribution in [0.4, 0.5) is 5.69 Å². The number of benzene rings is 1. The smallest absolute Gasteiger partial charge is 0.335 e. The number of rotatable bonds is 6. The number of aromatic carboxylic acids is 1. The molecule has 1 unspecified atom stereocenters. The van der Waals surface area contributed by atoms with Crippen LogP contribution in [0.15, 0.2) is 24.3 Å². The molecule has 0 aromatic heterocycles. The minimum atomic E-state index is -3.04. The molecule has 0 heterocycles. The molecule has 18 heavy (non-hydrogen) atoms. The molecule has 6 heteroatoms. The molecule has 0 saturated heterocycles. The van der Waals surface area contributed by atoms with Crippen molar-refractivity contribution >= 4 is 21.5 Å². The van der Waals surface area contributed by atoms with Crippen molar-refractivity contribution in [3.8, 4) is 0 Å². The zero-order valence-corrected chi connectivity index (χ0v) is 11.2. The molecule has 1 atom stereocenters. The van der Waals surface area contributed by atoms with Gasteiger partial charge in [-0.05, 0) is 25.1 Å². The third kappa shape index (κ3) is 4.37. The van der Waals surface area contributed by atoms with Gasteiger partial charge in [0.15, 0.2) is 9.84 Å². The van der Waals surface area contributed by atoms with Gasteiger partial charge in [0.2, 0.25) is 0 Å². The van der Waals surface area contributed by atoms with Crippen molar-refractivity contribution in [2.45, 2.75) is 19.9 Å². The molecule has 0 aliphatic heterocycles. The lowest BCUT2D eigenvalue weighted by Crippen LogP contribution is -2.26. The van der Waals surface area contributed by atoms with Crippen LogP contribution in [-0.4, -0.2) is 37.0 Å². The van der Waals surface area contributed by atoms with E-state index in [1.807, 2.05) is 0 Å². The van der Waals surface area contributed by atoms with E-state index >= 15 is 0 Å². The molecule has 1 aromatic carbocycles. The highest BCUT2D eigenvalue weighted by atomic mass is 32.2. The zero-order chi connectivity index (χ0) is 13.8. The van der Waals surface area contributed by atoms with Crippen molar-refractivity contribution in [3.63, 3.8) is 0 Å². The summed E-state index contributed by atoms with van der Waals surface area (Å²) in [4.78, 5) is 10.8. The maximum Gasteiger partial charge on any atom is 0.335 e. The summed E-state index contributed by atoms with van der Waals surface area (Å²) in [5, 5.41) is 11.8. The molecule has 5 nitrogen and oxygen atoms in total. The van der Waals surface area contributed by atoms with E-state index in [0.29, 0.717) is 5.69 Å². The maximum absolute atomic E-state index is 11.4. The van der Waals surface area contributed by atoms with Crippen molar-refractivity contribution in [3.05, 3.63) is 29.8 Å². The van der Waals surface area contributed by atoms with Gasteiger partial charge >= 0.3 is 5.97 Å². The third-order valence-electron chi connectivity index (χ3n) is 2.47. The number of carboxylic acids is 1. The predicted octanol–water partition coefficient (Wildman–Crippen LogP) is 1.62. The van der Waals surface area contributed by atoms with Crippen LogP contribution in [0.2, 0.25) is 0 Å². The van der Waals surface area contributed by atoms with E-state index < -0.39 is 15.8 Å². The summed E-state index contributed by atoms with van der Waals surface area (Å²) < 4.78 is 22.9. The fraction of sp³-hybridized carbons (Fsp3) is 0.417. The van der Waals surface area contributed by atoms with E-state index in [1.54, 1.807) is 26.0 Å². The van der Waals surface area contributed by atoms with Crippen LogP contribution in [0, 0.1) is 0 Å². The monoisotopic (exact) mass is 271 g/mol. The second kappa shape index (κ2) is 5.86. The molecule has 0 radical (unpaired) electrons. The van der Waals surface area contributed by atoms with E-state index in [9.17, 15) is 13.2 Å². The van der Waals surface area contributed by atoms with Gasteiger partial charge in [-0.3, -0.25) is 0 Å². The number of hydrogen-bond donors (Lipinski definition) is 2. The second-order valence-corrected chi connectivity index (χ2v) is 6.53. The fourth-order valence-electron chi connectivity index (χ4n) is 1.57. The topological polar surface area (TPSA) is 83.5 Å². The Morgan fingerprint density at radius 2 is 2.11 bits per heavy atom. The van der Waals surface area contributed by atoms with Crippen LogP contribution in [0.3, 0.4) is 0 Å². The second-order valence-electron chi connectivity index (χ2n) is 4.13. The molecule has 2 N–H and O–H groups in total. The number of carbonyl (C=O) groups is 1. The lowest BCUT2D eigenvalue weighted by atomic mass is 10.2. The number of carboxylic acid groups (broad SMARTS) is 1. The minimum Gasteiger partial charge on any atom is -0.478 e. The van der Waals surface area contributed by atoms with Gasteiger partial charge in [0.25, 0.3) is 0 Å². The normalized spacial score (nSPS) is 13.0. The van der Waals surface area contributed by atoms with E-state index in [0.717, 1.165) is 0 Å². The molecular weight excluding hydrogens is 254 g/mol. The molecule has 0 aliphatic rings. The molecular formula is C12H17NO4S. The van der Waals surface area contributed by atoms with Gasteiger partial charge in [-0.1, -0.05) is 13.0 Å². The standard InChI is InChI=1S/C12H17NO4S/c1-3-18(16,17)8-9(2)13-11-6-4-5-10(7-11)12(14)15/h4-7,9,13H,3,8H2,1-2H3,(H,14,15). The van der Waals surface area contributed by atoms with Crippen LogP contribution in [0.5, 0.6) is 0 Å². The van der Waals surface area contributed by atoms with Crippen LogP contribution in [0.25, 0.3) is 0 Å². The van der Waals surface area contributed by atoms with Crippen LogP contribution < -0.4 is 5.32 Å². The average molecular weight is 271 g/mol. The number of hydrogen-bond acceptors (Lipinski definition) is 4. The van der Waals surface area contributed by atoms with Gasteiger partial charge in [-0.15, -0.1) is 0 Å². The molecule has 1 aromatic rings. The summed E-state index contributed by atoms with van der Waals surface area (Å²) in [6.07, 6.45) is 0. The lowest BCUT2D eigenvalue weighted by molar-refractivity contribution is 0.0697. The van der Waals surface area contributed by atoms with E-state index in [4.69, 9.17) is 5.11 Å². The largest absolute Gasteiger partial charge is 0.478 e.